The molecule has 0 bridgehead atoms. The molecule has 5 aromatic rings. The highest BCUT2D eigenvalue weighted by Crippen LogP contribution is 2.27. The lowest BCUT2D eigenvalue weighted by Crippen LogP contribution is -2.17. The Labute approximate surface area is 207 Å². The molecule has 3 heterocycles. The van der Waals surface area contributed by atoms with E-state index in [-0.39, 0.29) is 22.8 Å². The first kappa shape index (κ1) is 23.9. The van der Waals surface area contributed by atoms with Crippen molar-refractivity contribution in [1.29, 1.82) is 0 Å². The van der Waals surface area contributed by atoms with Crippen molar-refractivity contribution in [3.05, 3.63) is 107 Å². The zero-order valence-corrected chi connectivity index (χ0v) is 19.1. The number of hydrogen-bond acceptors (Lipinski definition) is 5. The van der Waals surface area contributed by atoms with Crippen molar-refractivity contribution in [2.45, 2.75) is 13.3 Å². The van der Waals surface area contributed by atoms with Gasteiger partial charge in [-0.25, -0.2) is 13.8 Å². The third kappa shape index (κ3) is 5.10. The first-order valence-corrected chi connectivity index (χ1v) is 10.9. The molecule has 0 radical (unpaired) electrons. The summed E-state index contributed by atoms with van der Waals surface area (Å²) in [5, 5.41) is 8.65. The van der Waals surface area contributed by atoms with Gasteiger partial charge in [-0.1, -0.05) is 18.2 Å². The van der Waals surface area contributed by atoms with Crippen molar-refractivity contribution in [3.63, 3.8) is 0 Å². The second-order valence-corrected chi connectivity index (χ2v) is 7.98. The van der Waals surface area contributed by atoms with Crippen LogP contribution in [0, 0.1) is 12.7 Å². The van der Waals surface area contributed by atoms with Gasteiger partial charge in [0.05, 0.1) is 22.8 Å². The van der Waals surface area contributed by atoms with Crippen LogP contribution in [0.15, 0.2) is 90.0 Å². The molecule has 0 amide bonds. The number of benzene rings is 2. The molecule has 0 saturated heterocycles. The lowest BCUT2D eigenvalue weighted by molar-refractivity contribution is -0.274. The number of aryl methyl sites for hydroxylation is 1. The van der Waals surface area contributed by atoms with E-state index in [0.29, 0.717) is 17.0 Å². The fourth-order valence-electron chi connectivity index (χ4n) is 3.78. The van der Waals surface area contributed by atoms with E-state index in [1.807, 2.05) is 0 Å². The van der Waals surface area contributed by atoms with Gasteiger partial charge < -0.3 is 4.74 Å². The van der Waals surface area contributed by atoms with Gasteiger partial charge in [-0.15, -0.1) is 13.2 Å². The molecular weight excluding hydrogens is 490 g/mol. The Balaban J connectivity index is 1.56. The number of aromatic nitrogens is 5. The van der Waals surface area contributed by atoms with E-state index in [1.165, 1.54) is 45.9 Å². The van der Waals surface area contributed by atoms with E-state index in [9.17, 15) is 18.0 Å². The average Bonchev–Trinajstić information content (AvgIpc) is 3.25. The van der Waals surface area contributed by atoms with Crippen LogP contribution in [0.2, 0.25) is 0 Å². The number of nitrogens with zero attached hydrogens (tertiary/aromatic N) is 5. The third-order valence-electron chi connectivity index (χ3n) is 5.33. The molecule has 186 valence electrons. The Morgan fingerprint density at radius 1 is 0.919 bits per heavy atom. The molecule has 0 fully saturated rings. The molecule has 0 atom stereocenters. The largest absolute Gasteiger partial charge is 0.573 e. The second kappa shape index (κ2) is 9.34. The van der Waals surface area contributed by atoms with Gasteiger partial charge in [0.1, 0.15) is 17.3 Å². The summed E-state index contributed by atoms with van der Waals surface area (Å²) in [6.45, 7) is 1.66. The van der Waals surface area contributed by atoms with Crippen molar-refractivity contribution in [1.82, 2.24) is 24.5 Å². The van der Waals surface area contributed by atoms with Crippen LogP contribution >= 0.6 is 0 Å². The number of rotatable bonds is 5. The molecule has 0 aliphatic rings. The highest BCUT2D eigenvalue weighted by Gasteiger charge is 2.31. The Hall–Kier alpha value is -4.80. The second-order valence-electron chi connectivity index (χ2n) is 7.98. The SMILES string of the molecule is Cc1cc(-c2nn(-c3ccc(-c4ccccn4)cc3F)ccc2=O)n(-c2cccc(OC(F)(F)F)c2)n1. The Morgan fingerprint density at radius 3 is 2.49 bits per heavy atom. The van der Waals surface area contributed by atoms with Crippen LogP contribution in [0.3, 0.4) is 0 Å². The average molecular weight is 507 g/mol. The number of hydrogen-bond donors (Lipinski definition) is 0. The van der Waals surface area contributed by atoms with Gasteiger partial charge in [0, 0.05) is 30.1 Å². The lowest BCUT2D eigenvalue weighted by Gasteiger charge is -2.12. The third-order valence-corrected chi connectivity index (χ3v) is 5.33. The highest BCUT2D eigenvalue weighted by molar-refractivity contribution is 5.62. The molecule has 0 N–H and O–H groups in total. The zero-order valence-electron chi connectivity index (χ0n) is 19.1. The summed E-state index contributed by atoms with van der Waals surface area (Å²) in [4.78, 5) is 17.0. The molecule has 0 unspecified atom stereocenters. The fraction of sp³-hybridized carbons (Fsp3) is 0.0769. The minimum absolute atomic E-state index is 0.0709. The van der Waals surface area contributed by atoms with Gasteiger partial charge in [-0.2, -0.15) is 10.2 Å². The predicted molar refractivity (Wildman–Crippen MR) is 127 cm³/mol. The molecule has 0 aliphatic carbocycles. The Kier molecular flexibility index (Phi) is 6.04. The van der Waals surface area contributed by atoms with E-state index >= 15 is 4.39 Å². The molecule has 0 aliphatic heterocycles. The van der Waals surface area contributed by atoms with Crippen LogP contribution in [-0.2, 0) is 0 Å². The Bertz CT molecular complexity index is 1650. The van der Waals surface area contributed by atoms with Gasteiger partial charge in [0.15, 0.2) is 5.69 Å². The molecule has 0 saturated carbocycles. The zero-order chi connectivity index (χ0) is 26.2. The molecule has 11 heteroatoms. The smallest absolute Gasteiger partial charge is 0.406 e. The van der Waals surface area contributed by atoms with Crippen molar-refractivity contribution >= 4 is 0 Å². The summed E-state index contributed by atoms with van der Waals surface area (Å²) >= 11 is 0. The first-order chi connectivity index (χ1) is 17.7. The summed E-state index contributed by atoms with van der Waals surface area (Å²) < 4.78 is 59.7. The van der Waals surface area contributed by atoms with E-state index in [1.54, 1.807) is 43.5 Å². The minimum atomic E-state index is -4.87. The molecule has 7 nitrogen and oxygen atoms in total. The maximum Gasteiger partial charge on any atom is 0.573 e. The molecule has 2 aromatic carbocycles. The molecule has 0 spiro atoms. The molecule has 37 heavy (non-hydrogen) atoms. The molecule has 3 aromatic heterocycles. The van der Waals surface area contributed by atoms with Crippen molar-refractivity contribution in [2.75, 3.05) is 0 Å². The monoisotopic (exact) mass is 507 g/mol. The van der Waals surface area contributed by atoms with Crippen molar-refractivity contribution < 1.29 is 22.3 Å². The Morgan fingerprint density at radius 2 is 1.76 bits per heavy atom. The summed E-state index contributed by atoms with van der Waals surface area (Å²) in [7, 11) is 0. The van der Waals surface area contributed by atoms with Gasteiger partial charge >= 0.3 is 6.36 Å². The van der Waals surface area contributed by atoms with E-state index in [4.69, 9.17) is 0 Å². The standard InChI is InChI=1S/C26H17F4N5O2/c1-16-13-23(35(32-16)18-5-4-6-19(15-18)37-26(28,29)30)25-24(36)10-12-34(33-25)22-9-8-17(14-20(22)27)21-7-2-3-11-31-21/h2-15H,1H3. The number of alkyl halides is 3. The maximum atomic E-state index is 15.1. The predicted octanol–water partition coefficient (Wildman–Crippen LogP) is 5.49. The van der Waals surface area contributed by atoms with Crippen LogP contribution in [0.1, 0.15) is 5.69 Å². The highest BCUT2D eigenvalue weighted by atomic mass is 19.4. The summed E-state index contributed by atoms with van der Waals surface area (Å²) in [5.41, 5.74) is 1.61. The van der Waals surface area contributed by atoms with Crippen LogP contribution in [0.5, 0.6) is 5.75 Å². The van der Waals surface area contributed by atoms with E-state index in [2.05, 4.69) is 19.9 Å². The van der Waals surface area contributed by atoms with Crippen molar-refractivity contribution in [2.24, 2.45) is 0 Å². The summed E-state index contributed by atoms with van der Waals surface area (Å²) in [5.74, 6) is -1.04. The quantitative estimate of drug-likeness (QED) is 0.294. The van der Waals surface area contributed by atoms with Crippen LogP contribution in [0.4, 0.5) is 17.6 Å². The van der Waals surface area contributed by atoms with Gasteiger partial charge in [0.25, 0.3) is 0 Å². The fourth-order valence-corrected chi connectivity index (χ4v) is 3.78. The van der Waals surface area contributed by atoms with Crippen LogP contribution in [0.25, 0.3) is 34.0 Å². The number of halogens is 4. The van der Waals surface area contributed by atoms with E-state index < -0.39 is 23.4 Å². The van der Waals surface area contributed by atoms with Gasteiger partial charge in [0.2, 0.25) is 5.43 Å². The summed E-state index contributed by atoms with van der Waals surface area (Å²) in [6.07, 6.45) is -1.94. The minimum Gasteiger partial charge on any atom is -0.406 e. The lowest BCUT2D eigenvalue weighted by atomic mass is 10.1. The molecule has 5 rings (SSSR count). The maximum absolute atomic E-state index is 15.1. The first-order valence-electron chi connectivity index (χ1n) is 10.9. The number of ether oxygens (including phenoxy) is 1. The summed E-state index contributed by atoms with van der Waals surface area (Å²) in [6, 6.07) is 17.8. The van der Waals surface area contributed by atoms with E-state index in [0.717, 1.165) is 12.1 Å². The van der Waals surface area contributed by atoms with Gasteiger partial charge in [-0.05, 0) is 49.4 Å². The van der Waals surface area contributed by atoms with Crippen molar-refractivity contribution in [3.8, 4) is 39.8 Å². The van der Waals surface area contributed by atoms with Gasteiger partial charge in [-0.3, -0.25) is 9.78 Å². The van der Waals surface area contributed by atoms with Crippen LogP contribution < -0.4 is 10.2 Å². The van der Waals surface area contributed by atoms with Crippen LogP contribution in [-0.4, -0.2) is 30.9 Å². The topological polar surface area (TPSA) is 74.8 Å². The number of pyridine rings is 1. The molecular formula is C26H17F4N5O2. The normalized spacial score (nSPS) is 11.5.